The summed E-state index contributed by atoms with van der Waals surface area (Å²) in [6.07, 6.45) is 3.03. The van der Waals surface area contributed by atoms with Crippen molar-refractivity contribution in [2.45, 2.75) is 0 Å². The van der Waals surface area contributed by atoms with Gasteiger partial charge in [0.2, 0.25) is 5.91 Å². The fraction of sp³-hybridized carbons (Fsp3) is 0.105. The molecule has 0 heterocycles. The number of benzene rings is 2. The average molecular weight is 319 g/mol. The molecule has 0 unspecified atom stereocenters. The van der Waals surface area contributed by atoms with Gasteiger partial charge in [0.1, 0.15) is 6.07 Å². The van der Waals surface area contributed by atoms with Gasteiger partial charge >= 0.3 is 0 Å². The number of nitriles is 1. The first kappa shape index (κ1) is 17.0. The van der Waals surface area contributed by atoms with Crippen LogP contribution in [0.4, 0.5) is 5.69 Å². The molecular weight excluding hydrogens is 302 g/mol. The van der Waals surface area contributed by atoms with Crippen LogP contribution in [0.3, 0.4) is 0 Å². The van der Waals surface area contributed by atoms with Gasteiger partial charge in [-0.1, -0.05) is 24.3 Å². The van der Waals surface area contributed by atoms with Gasteiger partial charge < -0.3 is 10.2 Å². The van der Waals surface area contributed by atoms with E-state index in [1.54, 1.807) is 68.7 Å². The molecule has 0 saturated heterocycles. The largest absolute Gasteiger partial charge is 0.345 e. The molecule has 2 aromatic carbocycles. The van der Waals surface area contributed by atoms with Crippen LogP contribution in [0.25, 0.3) is 6.08 Å². The summed E-state index contributed by atoms with van der Waals surface area (Å²) in [4.78, 5) is 25.3. The average Bonchev–Trinajstić information content (AvgIpc) is 2.60. The normalized spacial score (nSPS) is 10.2. The number of hydrogen-bond acceptors (Lipinski definition) is 3. The van der Waals surface area contributed by atoms with Crippen LogP contribution in [0.1, 0.15) is 21.5 Å². The van der Waals surface area contributed by atoms with Crippen molar-refractivity contribution in [1.29, 1.82) is 5.26 Å². The van der Waals surface area contributed by atoms with Crippen LogP contribution in [0.2, 0.25) is 0 Å². The summed E-state index contributed by atoms with van der Waals surface area (Å²) in [6, 6.07) is 15.8. The predicted octanol–water partition coefficient (Wildman–Crippen LogP) is 2.91. The molecule has 0 spiro atoms. The van der Waals surface area contributed by atoms with E-state index in [0.717, 1.165) is 5.56 Å². The molecular formula is C19H17N3O2. The quantitative estimate of drug-likeness (QED) is 0.881. The minimum absolute atomic E-state index is 0.0728. The summed E-state index contributed by atoms with van der Waals surface area (Å²) >= 11 is 0. The van der Waals surface area contributed by atoms with Gasteiger partial charge in [-0.25, -0.2) is 0 Å². The van der Waals surface area contributed by atoms with E-state index in [4.69, 9.17) is 5.26 Å². The van der Waals surface area contributed by atoms with E-state index in [0.29, 0.717) is 16.8 Å². The molecule has 0 aliphatic heterocycles. The highest BCUT2D eigenvalue weighted by Gasteiger charge is 2.07. The first-order valence-electron chi connectivity index (χ1n) is 7.31. The topological polar surface area (TPSA) is 73.2 Å². The smallest absolute Gasteiger partial charge is 0.253 e. The van der Waals surface area contributed by atoms with Crippen LogP contribution in [0.5, 0.6) is 0 Å². The second-order valence-corrected chi connectivity index (χ2v) is 5.30. The molecule has 0 atom stereocenters. The lowest BCUT2D eigenvalue weighted by Crippen LogP contribution is -2.21. The molecule has 2 amide bonds. The number of rotatable bonds is 4. The molecule has 0 aliphatic carbocycles. The van der Waals surface area contributed by atoms with E-state index in [2.05, 4.69) is 5.32 Å². The Morgan fingerprint density at radius 1 is 1.08 bits per heavy atom. The van der Waals surface area contributed by atoms with E-state index < -0.39 is 0 Å². The lowest BCUT2D eigenvalue weighted by atomic mass is 10.1. The van der Waals surface area contributed by atoms with Gasteiger partial charge in [-0.2, -0.15) is 5.26 Å². The van der Waals surface area contributed by atoms with Crippen molar-refractivity contribution in [1.82, 2.24) is 4.90 Å². The van der Waals surface area contributed by atoms with E-state index in [1.165, 1.54) is 11.0 Å². The molecule has 0 aromatic heterocycles. The van der Waals surface area contributed by atoms with Gasteiger partial charge in [0.25, 0.3) is 5.91 Å². The van der Waals surface area contributed by atoms with Gasteiger partial charge in [-0.05, 0) is 35.9 Å². The predicted molar refractivity (Wildman–Crippen MR) is 93.3 cm³/mol. The zero-order valence-corrected chi connectivity index (χ0v) is 13.5. The minimum atomic E-state index is -0.328. The number of carbonyl (C=O) groups excluding carboxylic acids is 2. The number of carbonyl (C=O) groups is 2. The Morgan fingerprint density at radius 2 is 1.75 bits per heavy atom. The molecule has 2 rings (SSSR count). The monoisotopic (exact) mass is 319 g/mol. The first-order valence-corrected chi connectivity index (χ1v) is 7.31. The lowest BCUT2D eigenvalue weighted by Gasteiger charge is -2.09. The highest BCUT2D eigenvalue weighted by atomic mass is 16.2. The number of para-hydroxylation sites is 1. The molecule has 5 heteroatoms. The standard InChI is InChI=1S/C19H17N3O2/c1-22(2)19(24)15-10-7-14(8-11-15)9-12-18(23)21-17-6-4-3-5-16(17)13-20/h3-12H,1-2H3,(H,21,23)/b12-9+. The number of hydrogen-bond donors (Lipinski definition) is 1. The molecule has 2 aromatic rings. The fourth-order valence-electron chi connectivity index (χ4n) is 2.03. The maximum Gasteiger partial charge on any atom is 0.253 e. The number of amides is 2. The molecule has 0 bridgehead atoms. The van der Waals surface area contributed by atoms with Crippen molar-refractivity contribution in [3.05, 3.63) is 71.3 Å². The SMILES string of the molecule is CN(C)C(=O)c1ccc(/C=C/C(=O)Nc2ccccc2C#N)cc1. The Labute approximate surface area is 140 Å². The second kappa shape index (κ2) is 7.75. The van der Waals surface area contributed by atoms with Crippen LogP contribution in [-0.2, 0) is 4.79 Å². The number of nitrogens with zero attached hydrogens (tertiary/aromatic N) is 2. The Bertz CT molecular complexity index is 815. The summed E-state index contributed by atoms with van der Waals surface area (Å²) < 4.78 is 0. The van der Waals surface area contributed by atoms with Gasteiger partial charge in [0.15, 0.2) is 0 Å². The molecule has 1 N–H and O–H groups in total. The number of anilines is 1. The molecule has 0 saturated carbocycles. The second-order valence-electron chi connectivity index (χ2n) is 5.30. The van der Waals surface area contributed by atoms with Gasteiger partial charge in [0.05, 0.1) is 11.3 Å². The molecule has 0 radical (unpaired) electrons. The molecule has 5 nitrogen and oxygen atoms in total. The molecule has 24 heavy (non-hydrogen) atoms. The summed E-state index contributed by atoms with van der Waals surface area (Å²) in [5, 5.41) is 11.7. The zero-order chi connectivity index (χ0) is 17.5. The van der Waals surface area contributed by atoms with Crippen molar-refractivity contribution in [2.24, 2.45) is 0 Å². The van der Waals surface area contributed by atoms with Gasteiger partial charge in [-0.15, -0.1) is 0 Å². The summed E-state index contributed by atoms with van der Waals surface area (Å²) in [5.41, 5.74) is 2.27. The number of nitrogens with one attached hydrogen (secondary N) is 1. The summed E-state index contributed by atoms with van der Waals surface area (Å²) in [6.45, 7) is 0. The van der Waals surface area contributed by atoms with Crippen LogP contribution < -0.4 is 5.32 Å². The van der Waals surface area contributed by atoms with Crippen molar-refractivity contribution < 1.29 is 9.59 Å². The van der Waals surface area contributed by atoms with Crippen LogP contribution >= 0.6 is 0 Å². The third-order valence-corrected chi connectivity index (χ3v) is 3.30. The summed E-state index contributed by atoms with van der Waals surface area (Å²) in [5.74, 6) is -0.400. The minimum Gasteiger partial charge on any atom is -0.345 e. The Morgan fingerprint density at radius 3 is 2.38 bits per heavy atom. The maximum atomic E-state index is 12.0. The summed E-state index contributed by atoms with van der Waals surface area (Å²) in [7, 11) is 3.39. The zero-order valence-electron chi connectivity index (χ0n) is 13.5. The molecule has 0 aliphatic rings. The fourth-order valence-corrected chi connectivity index (χ4v) is 2.03. The highest BCUT2D eigenvalue weighted by molar-refractivity contribution is 6.02. The van der Waals surface area contributed by atoms with E-state index in [9.17, 15) is 9.59 Å². The maximum absolute atomic E-state index is 12.0. The molecule has 0 fully saturated rings. The van der Waals surface area contributed by atoms with Crippen LogP contribution in [-0.4, -0.2) is 30.8 Å². The Kier molecular flexibility index (Phi) is 5.48. The Hall–Kier alpha value is -3.39. The first-order chi connectivity index (χ1) is 11.5. The molecule has 120 valence electrons. The van der Waals surface area contributed by atoms with E-state index in [1.807, 2.05) is 6.07 Å². The van der Waals surface area contributed by atoms with Crippen LogP contribution in [0.15, 0.2) is 54.6 Å². The van der Waals surface area contributed by atoms with Gasteiger partial charge in [0, 0.05) is 25.7 Å². The van der Waals surface area contributed by atoms with Crippen molar-refractivity contribution in [3.8, 4) is 6.07 Å². The lowest BCUT2D eigenvalue weighted by molar-refractivity contribution is -0.111. The van der Waals surface area contributed by atoms with Crippen molar-refractivity contribution in [2.75, 3.05) is 19.4 Å². The van der Waals surface area contributed by atoms with Gasteiger partial charge in [-0.3, -0.25) is 9.59 Å². The van der Waals surface area contributed by atoms with Crippen LogP contribution in [0, 0.1) is 11.3 Å². The highest BCUT2D eigenvalue weighted by Crippen LogP contribution is 2.14. The van der Waals surface area contributed by atoms with Crippen molar-refractivity contribution in [3.63, 3.8) is 0 Å². The van der Waals surface area contributed by atoms with E-state index in [-0.39, 0.29) is 11.8 Å². The van der Waals surface area contributed by atoms with Crippen molar-refractivity contribution >= 4 is 23.6 Å². The Balaban J connectivity index is 2.04. The van der Waals surface area contributed by atoms with E-state index >= 15 is 0 Å². The third-order valence-electron chi connectivity index (χ3n) is 3.30. The third kappa shape index (κ3) is 4.31.